The summed E-state index contributed by atoms with van der Waals surface area (Å²) in [5, 5.41) is 3.57. The zero-order valence-electron chi connectivity index (χ0n) is 15.1. The Morgan fingerprint density at radius 1 is 1.36 bits per heavy atom. The molecule has 28 heavy (non-hydrogen) atoms. The van der Waals surface area contributed by atoms with Crippen LogP contribution in [0, 0.1) is 6.92 Å². The number of halogens is 1. The quantitative estimate of drug-likeness (QED) is 0.638. The topological polar surface area (TPSA) is 89.3 Å². The zero-order chi connectivity index (χ0) is 19.7. The number of benzene rings is 1. The monoisotopic (exact) mass is 463 g/mol. The van der Waals surface area contributed by atoms with Gasteiger partial charge in [0.05, 0.1) is 13.2 Å². The van der Waals surface area contributed by atoms with Crippen molar-refractivity contribution in [3.05, 3.63) is 44.9 Å². The smallest absolute Gasteiger partial charge is 0.273 e. The molecule has 1 aliphatic heterocycles. The number of hydrogen-bond donors (Lipinski definition) is 1. The first kappa shape index (κ1) is 19.0. The number of rotatable bonds is 4. The van der Waals surface area contributed by atoms with E-state index in [2.05, 4.69) is 36.1 Å². The second-order valence-electron chi connectivity index (χ2n) is 6.44. The van der Waals surface area contributed by atoms with Crippen molar-refractivity contribution in [1.82, 2.24) is 14.5 Å². The molecular formula is C18H18BrN5O3S. The maximum atomic E-state index is 12.8. The molecule has 2 aromatic heterocycles. The summed E-state index contributed by atoms with van der Waals surface area (Å²) in [5.74, 6) is -0.289. The highest BCUT2D eigenvalue weighted by Crippen LogP contribution is 2.25. The van der Waals surface area contributed by atoms with Gasteiger partial charge in [-0.1, -0.05) is 27.3 Å². The average molecular weight is 464 g/mol. The van der Waals surface area contributed by atoms with Crippen molar-refractivity contribution < 1.29 is 9.53 Å². The minimum atomic E-state index is -0.289. The van der Waals surface area contributed by atoms with Gasteiger partial charge in [-0.3, -0.25) is 14.2 Å². The molecule has 4 rings (SSSR count). The third kappa shape index (κ3) is 3.94. The second kappa shape index (κ2) is 7.98. The van der Waals surface area contributed by atoms with Crippen molar-refractivity contribution >= 4 is 54.3 Å². The van der Waals surface area contributed by atoms with Gasteiger partial charge in [-0.15, -0.1) is 0 Å². The highest BCUT2D eigenvalue weighted by atomic mass is 79.9. The number of carbonyl (C=O) groups is 1. The average Bonchev–Trinajstić information content (AvgIpc) is 3.13. The normalized spacial score (nSPS) is 14.4. The largest absolute Gasteiger partial charge is 0.378 e. The van der Waals surface area contributed by atoms with Gasteiger partial charge in [0.25, 0.3) is 5.56 Å². The summed E-state index contributed by atoms with van der Waals surface area (Å²) in [5.41, 5.74) is 1.85. The lowest BCUT2D eigenvalue weighted by atomic mass is 10.2. The van der Waals surface area contributed by atoms with Crippen molar-refractivity contribution in [3.8, 4) is 0 Å². The summed E-state index contributed by atoms with van der Waals surface area (Å²) in [7, 11) is 0. The number of aryl methyl sites for hydroxylation is 1. The van der Waals surface area contributed by atoms with Crippen molar-refractivity contribution in [1.29, 1.82) is 0 Å². The number of hydrogen-bond acceptors (Lipinski definition) is 7. The number of morpholine rings is 1. The van der Waals surface area contributed by atoms with Crippen LogP contribution >= 0.6 is 27.3 Å². The van der Waals surface area contributed by atoms with E-state index < -0.39 is 0 Å². The Kier molecular flexibility index (Phi) is 5.42. The molecule has 0 radical (unpaired) electrons. The molecule has 0 atom stereocenters. The molecule has 0 spiro atoms. The fourth-order valence-corrected chi connectivity index (χ4v) is 4.18. The van der Waals surface area contributed by atoms with Gasteiger partial charge in [-0.05, 0) is 30.7 Å². The fourth-order valence-electron chi connectivity index (χ4n) is 2.92. The molecule has 1 aliphatic rings. The first-order valence-electron chi connectivity index (χ1n) is 8.76. The fraction of sp³-hybridized carbons (Fsp3) is 0.333. The zero-order valence-corrected chi connectivity index (χ0v) is 17.5. The van der Waals surface area contributed by atoms with Crippen LogP contribution in [0.5, 0.6) is 0 Å². The number of fused-ring (bicyclic) bond motifs is 1. The molecule has 8 nitrogen and oxygen atoms in total. The number of carbonyl (C=O) groups excluding carboxylic acids is 1. The Bertz CT molecular complexity index is 1090. The Morgan fingerprint density at radius 3 is 2.89 bits per heavy atom. The number of anilines is 2. The number of aromatic nitrogens is 3. The Morgan fingerprint density at radius 2 is 2.14 bits per heavy atom. The molecule has 1 fully saturated rings. The summed E-state index contributed by atoms with van der Waals surface area (Å²) >= 11 is 4.74. The summed E-state index contributed by atoms with van der Waals surface area (Å²) in [4.78, 5) is 36.0. The molecule has 1 aromatic carbocycles. The third-order valence-electron chi connectivity index (χ3n) is 4.41. The Labute approximate surface area is 173 Å². The van der Waals surface area contributed by atoms with Gasteiger partial charge >= 0.3 is 0 Å². The molecule has 0 unspecified atom stereocenters. The van der Waals surface area contributed by atoms with E-state index in [-0.39, 0.29) is 18.0 Å². The van der Waals surface area contributed by atoms with Crippen LogP contribution in [0.15, 0.2) is 33.8 Å². The molecule has 10 heteroatoms. The molecule has 0 saturated carbocycles. The molecule has 1 saturated heterocycles. The Balaban J connectivity index is 1.53. The molecule has 3 heterocycles. The molecule has 3 aromatic rings. The summed E-state index contributed by atoms with van der Waals surface area (Å²) in [6.45, 7) is 4.60. The highest BCUT2D eigenvalue weighted by Gasteiger charge is 2.18. The van der Waals surface area contributed by atoms with E-state index in [9.17, 15) is 9.59 Å². The van der Waals surface area contributed by atoms with E-state index in [1.54, 1.807) is 6.07 Å². The number of nitrogens with zero attached hydrogens (tertiary/aromatic N) is 4. The van der Waals surface area contributed by atoms with Crippen molar-refractivity contribution in [2.75, 3.05) is 36.5 Å². The van der Waals surface area contributed by atoms with Crippen LogP contribution in [0.4, 0.5) is 10.8 Å². The maximum Gasteiger partial charge on any atom is 0.273 e. The Hall–Kier alpha value is -2.30. The number of ether oxygens (including phenoxy) is 1. The molecular weight excluding hydrogens is 446 g/mol. The SMILES string of the molecule is Cc1cc(NC(=O)Cn2cnc3nc(N4CCOCC4)sc3c2=O)ccc1Br. The van der Waals surface area contributed by atoms with Crippen LogP contribution < -0.4 is 15.8 Å². The predicted molar refractivity (Wildman–Crippen MR) is 112 cm³/mol. The molecule has 146 valence electrons. The first-order chi connectivity index (χ1) is 13.5. The van der Waals surface area contributed by atoms with Crippen LogP contribution in [-0.4, -0.2) is 46.7 Å². The maximum absolute atomic E-state index is 12.8. The first-order valence-corrected chi connectivity index (χ1v) is 10.4. The van der Waals surface area contributed by atoms with E-state index in [1.807, 2.05) is 19.1 Å². The third-order valence-corrected chi connectivity index (χ3v) is 6.39. The molecule has 0 aliphatic carbocycles. The lowest BCUT2D eigenvalue weighted by Crippen LogP contribution is -2.36. The van der Waals surface area contributed by atoms with Gasteiger partial charge in [0.15, 0.2) is 10.8 Å². The number of thiazole rings is 1. The van der Waals surface area contributed by atoms with Crippen molar-refractivity contribution in [2.45, 2.75) is 13.5 Å². The minimum Gasteiger partial charge on any atom is -0.378 e. The molecule has 0 bridgehead atoms. The van der Waals surface area contributed by atoms with Gasteiger partial charge in [0, 0.05) is 23.2 Å². The van der Waals surface area contributed by atoms with Crippen LogP contribution in [0.1, 0.15) is 5.56 Å². The van der Waals surface area contributed by atoms with Crippen molar-refractivity contribution in [2.24, 2.45) is 0 Å². The second-order valence-corrected chi connectivity index (χ2v) is 8.27. The van der Waals surface area contributed by atoms with Gasteiger partial charge in [0.2, 0.25) is 5.91 Å². The minimum absolute atomic E-state index is 0.109. The molecule has 1 amide bonds. The number of amides is 1. The highest BCUT2D eigenvalue weighted by molar-refractivity contribution is 9.10. The van der Waals surface area contributed by atoms with Crippen LogP contribution in [0.25, 0.3) is 10.3 Å². The predicted octanol–water partition coefficient (Wildman–Crippen LogP) is 2.40. The van der Waals surface area contributed by atoms with Crippen LogP contribution in [0.3, 0.4) is 0 Å². The summed E-state index contributed by atoms with van der Waals surface area (Å²) < 4.78 is 8.09. The lowest BCUT2D eigenvalue weighted by molar-refractivity contribution is -0.116. The van der Waals surface area contributed by atoms with E-state index >= 15 is 0 Å². The van der Waals surface area contributed by atoms with E-state index in [1.165, 1.54) is 22.2 Å². The van der Waals surface area contributed by atoms with Gasteiger partial charge in [-0.25, -0.2) is 4.98 Å². The van der Waals surface area contributed by atoms with E-state index in [0.29, 0.717) is 29.2 Å². The van der Waals surface area contributed by atoms with Gasteiger partial charge < -0.3 is 15.0 Å². The molecule has 1 N–H and O–H groups in total. The summed E-state index contributed by atoms with van der Waals surface area (Å²) in [6, 6.07) is 5.54. The summed E-state index contributed by atoms with van der Waals surface area (Å²) in [6.07, 6.45) is 1.37. The van der Waals surface area contributed by atoms with Crippen LogP contribution in [0.2, 0.25) is 0 Å². The standard InChI is InChI=1S/C18H18BrN5O3S/c1-11-8-12(2-3-13(11)19)21-14(25)9-24-10-20-16-15(17(24)26)28-18(22-16)23-4-6-27-7-5-23/h2-3,8,10H,4-7,9H2,1H3,(H,21,25). The van der Waals surface area contributed by atoms with Gasteiger partial charge in [-0.2, -0.15) is 4.98 Å². The van der Waals surface area contributed by atoms with Crippen molar-refractivity contribution in [3.63, 3.8) is 0 Å². The van der Waals surface area contributed by atoms with Gasteiger partial charge in [0.1, 0.15) is 17.6 Å². The van der Waals surface area contributed by atoms with E-state index in [4.69, 9.17) is 4.74 Å². The lowest BCUT2D eigenvalue weighted by Gasteiger charge is -2.25. The number of nitrogens with one attached hydrogen (secondary N) is 1. The van der Waals surface area contributed by atoms with E-state index in [0.717, 1.165) is 28.3 Å². The van der Waals surface area contributed by atoms with Crippen LogP contribution in [-0.2, 0) is 16.1 Å².